The summed E-state index contributed by atoms with van der Waals surface area (Å²) in [5.74, 6) is -1.19. The Morgan fingerprint density at radius 3 is 2.52 bits per heavy atom. The molecule has 0 saturated carbocycles. The van der Waals surface area contributed by atoms with Gasteiger partial charge in [-0.15, -0.1) is 0 Å². The van der Waals surface area contributed by atoms with Crippen molar-refractivity contribution in [1.29, 1.82) is 0 Å². The second kappa shape index (κ2) is 7.41. The van der Waals surface area contributed by atoms with Crippen molar-refractivity contribution in [3.63, 3.8) is 0 Å². The summed E-state index contributed by atoms with van der Waals surface area (Å²) < 4.78 is 6.93. The van der Waals surface area contributed by atoms with Gasteiger partial charge in [-0.25, -0.2) is 9.78 Å². The number of aliphatic carboxylic acids is 1. The molecule has 10 heteroatoms. The summed E-state index contributed by atoms with van der Waals surface area (Å²) in [5, 5.41) is 41.9. The van der Waals surface area contributed by atoms with Gasteiger partial charge in [0.2, 0.25) is 5.95 Å². The van der Waals surface area contributed by atoms with E-state index in [4.69, 9.17) is 9.84 Å². The monoisotopic (exact) mass is 400 g/mol. The van der Waals surface area contributed by atoms with Crippen LogP contribution in [0.1, 0.15) is 0 Å². The van der Waals surface area contributed by atoms with Crippen LogP contribution in [0.2, 0.25) is 0 Å². The minimum Gasteiger partial charge on any atom is -0.479 e. The maximum atomic E-state index is 11.3. The number of carboxylic acids is 1. The maximum absolute atomic E-state index is 11.3. The molecule has 0 amide bonds. The van der Waals surface area contributed by atoms with Crippen LogP contribution in [0, 0.1) is 0 Å². The smallest absolute Gasteiger partial charge is 0.335 e. The quantitative estimate of drug-likeness (QED) is 0.406. The van der Waals surface area contributed by atoms with Crippen LogP contribution in [0.5, 0.6) is 0 Å². The van der Waals surface area contributed by atoms with Crippen LogP contribution in [0.15, 0.2) is 42.6 Å². The Kier molecular flexibility index (Phi) is 4.92. The van der Waals surface area contributed by atoms with Crippen LogP contribution in [0.4, 0.5) is 5.95 Å². The number of aryl methyl sites for hydroxylation is 1. The van der Waals surface area contributed by atoms with E-state index in [-0.39, 0.29) is 5.95 Å². The number of carboxylic acid groups (broad SMARTS) is 1. The third-order valence-corrected chi connectivity index (χ3v) is 4.97. The van der Waals surface area contributed by atoms with Crippen molar-refractivity contribution in [2.45, 2.75) is 30.6 Å². The van der Waals surface area contributed by atoms with Crippen molar-refractivity contribution in [2.24, 2.45) is 7.05 Å². The van der Waals surface area contributed by atoms with Crippen LogP contribution < -0.4 is 5.32 Å². The van der Waals surface area contributed by atoms with E-state index >= 15 is 0 Å². The number of aliphatic hydroxyl groups is 3. The van der Waals surface area contributed by atoms with Crippen molar-refractivity contribution in [2.75, 3.05) is 5.32 Å². The molecule has 2 aromatic heterocycles. The number of anilines is 1. The summed E-state index contributed by atoms with van der Waals surface area (Å²) in [6, 6.07) is 11.6. The minimum atomic E-state index is -1.75. The molecule has 0 spiro atoms. The van der Waals surface area contributed by atoms with Gasteiger partial charge in [-0.1, -0.05) is 30.3 Å². The molecule has 10 nitrogen and oxygen atoms in total. The second-order valence-electron chi connectivity index (χ2n) is 6.86. The van der Waals surface area contributed by atoms with Crippen LogP contribution in [-0.4, -0.2) is 71.6 Å². The molecule has 5 N–H and O–H groups in total. The zero-order valence-corrected chi connectivity index (χ0v) is 15.4. The van der Waals surface area contributed by atoms with E-state index in [9.17, 15) is 20.1 Å². The van der Waals surface area contributed by atoms with Crippen LogP contribution in [0.25, 0.3) is 22.3 Å². The number of pyridine rings is 1. The van der Waals surface area contributed by atoms with Gasteiger partial charge in [0.25, 0.3) is 0 Å². The Morgan fingerprint density at radius 1 is 1.10 bits per heavy atom. The number of imidazole rings is 1. The number of aliphatic hydroxyl groups excluding tert-OH is 3. The Bertz CT molecular complexity index is 1040. The van der Waals surface area contributed by atoms with Crippen molar-refractivity contribution in [3.05, 3.63) is 42.6 Å². The number of hydrogen-bond donors (Lipinski definition) is 5. The normalized spacial score (nSPS) is 27.1. The average molecular weight is 400 g/mol. The summed E-state index contributed by atoms with van der Waals surface area (Å²) in [6.07, 6.45) is -6.30. The molecule has 1 saturated heterocycles. The lowest BCUT2D eigenvalue weighted by atomic mass is 9.98. The van der Waals surface area contributed by atoms with E-state index in [1.54, 1.807) is 17.8 Å². The molecule has 0 bridgehead atoms. The Balaban J connectivity index is 1.64. The van der Waals surface area contributed by atoms with E-state index in [0.717, 1.165) is 11.1 Å². The highest BCUT2D eigenvalue weighted by Gasteiger charge is 2.47. The van der Waals surface area contributed by atoms with E-state index in [1.807, 2.05) is 36.4 Å². The number of carbonyl (C=O) groups is 1. The minimum absolute atomic E-state index is 0.259. The summed E-state index contributed by atoms with van der Waals surface area (Å²) in [7, 11) is 1.73. The predicted molar refractivity (Wildman–Crippen MR) is 102 cm³/mol. The molecular weight excluding hydrogens is 380 g/mol. The largest absolute Gasteiger partial charge is 0.479 e. The topological polar surface area (TPSA) is 150 Å². The van der Waals surface area contributed by atoms with Crippen molar-refractivity contribution < 1.29 is 30.0 Å². The molecule has 1 aliphatic rings. The number of aromatic nitrogens is 3. The number of fused-ring (bicyclic) bond motifs is 1. The fourth-order valence-electron chi connectivity index (χ4n) is 3.32. The maximum Gasteiger partial charge on any atom is 0.335 e. The van der Waals surface area contributed by atoms with Gasteiger partial charge in [-0.05, 0) is 11.6 Å². The number of rotatable bonds is 4. The first-order valence-electron chi connectivity index (χ1n) is 8.93. The molecule has 1 aromatic carbocycles. The average Bonchev–Trinajstić information content (AvgIpc) is 3.03. The zero-order chi connectivity index (χ0) is 20.7. The fourth-order valence-corrected chi connectivity index (χ4v) is 3.32. The number of ether oxygens (including phenoxy) is 1. The Hall–Kier alpha value is -3.05. The van der Waals surface area contributed by atoms with E-state index in [0.29, 0.717) is 11.2 Å². The predicted octanol–water partition coefficient (Wildman–Crippen LogP) is -0.0606. The number of nitrogens with zero attached hydrogens (tertiary/aromatic N) is 3. The lowest BCUT2D eigenvalue weighted by Gasteiger charge is -2.39. The van der Waals surface area contributed by atoms with Crippen LogP contribution in [-0.2, 0) is 16.6 Å². The standard InChI is InChI=1S/C19H20N4O6/c1-23-11-7-10(9-5-3-2-4-6-9)8-20-16(11)21-19(23)22-17-14(26)12(24)13(25)15(29-17)18(27)28/h2-8,12-15,17,24-26H,1H3,(H,27,28)(H,20,21,22)/t12?,13-,14?,15-,17+/m0/s1. The van der Waals surface area contributed by atoms with E-state index < -0.39 is 36.6 Å². The van der Waals surface area contributed by atoms with Gasteiger partial charge in [-0.2, -0.15) is 4.98 Å². The molecule has 2 unspecified atom stereocenters. The van der Waals surface area contributed by atoms with Gasteiger partial charge in [0, 0.05) is 18.8 Å². The molecule has 3 heterocycles. The van der Waals surface area contributed by atoms with Gasteiger partial charge >= 0.3 is 5.97 Å². The number of nitrogens with one attached hydrogen (secondary N) is 1. The van der Waals surface area contributed by atoms with E-state index in [2.05, 4.69) is 15.3 Å². The molecule has 29 heavy (non-hydrogen) atoms. The Morgan fingerprint density at radius 2 is 1.83 bits per heavy atom. The van der Waals surface area contributed by atoms with Gasteiger partial charge < -0.3 is 35.0 Å². The SMILES string of the molecule is Cn1c(N[C@@H]2O[C@H](C(=O)O)[C@@H](O)C(O)C2O)nc2ncc(-c3ccccc3)cc21. The molecule has 0 radical (unpaired) electrons. The molecular formula is C19H20N4O6. The first kappa shape index (κ1) is 19.3. The third-order valence-electron chi connectivity index (χ3n) is 4.97. The highest BCUT2D eigenvalue weighted by Crippen LogP contribution is 2.27. The van der Waals surface area contributed by atoms with Crippen LogP contribution >= 0.6 is 0 Å². The van der Waals surface area contributed by atoms with Crippen molar-refractivity contribution >= 4 is 23.1 Å². The van der Waals surface area contributed by atoms with Crippen molar-refractivity contribution in [3.8, 4) is 11.1 Å². The molecule has 1 fully saturated rings. The highest BCUT2D eigenvalue weighted by atomic mass is 16.6. The molecule has 5 atom stereocenters. The first-order valence-corrected chi connectivity index (χ1v) is 8.93. The summed E-state index contributed by atoms with van der Waals surface area (Å²) >= 11 is 0. The molecule has 1 aliphatic heterocycles. The summed E-state index contributed by atoms with van der Waals surface area (Å²) in [4.78, 5) is 20.0. The summed E-state index contributed by atoms with van der Waals surface area (Å²) in [6.45, 7) is 0. The fraction of sp³-hybridized carbons (Fsp3) is 0.316. The van der Waals surface area contributed by atoms with Gasteiger partial charge in [-0.3, -0.25) is 0 Å². The third kappa shape index (κ3) is 3.42. The van der Waals surface area contributed by atoms with Crippen molar-refractivity contribution in [1.82, 2.24) is 14.5 Å². The molecule has 3 aromatic rings. The summed E-state index contributed by atoms with van der Waals surface area (Å²) in [5.41, 5.74) is 3.03. The second-order valence-corrected chi connectivity index (χ2v) is 6.86. The lowest BCUT2D eigenvalue weighted by molar-refractivity contribution is -0.221. The van der Waals surface area contributed by atoms with Gasteiger partial charge in [0.05, 0.1) is 5.52 Å². The molecule has 152 valence electrons. The molecule has 4 rings (SSSR count). The lowest BCUT2D eigenvalue weighted by Crippen LogP contribution is -2.61. The number of hydrogen-bond acceptors (Lipinski definition) is 8. The van der Waals surface area contributed by atoms with Gasteiger partial charge in [0.1, 0.15) is 18.3 Å². The highest BCUT2D eigenvalue weighted by molar-refractivity contribution is 5.80. The first-order chi connectivity index (χ1) is 13.9. The molecule has 0 aliphatic carbocycles. The Labute approximate surface area is 165 Å². The van der Waals surface area contributed by atoms with Crippen LogP contribution in [0.3, 0.4) is 0 Å². The zero-order valence-electron chi connectivity index (χ0n) is 15.4. The van der Waals surface area contributed by atoms with E-state index in [1.165, 1.54) is 0 Å². The van der Waals surface area contributed by atoms with Gasteiger partial charge in [0.15, 0.2) is 18.0 Å². The number of benzene rings is 1.